The van der Waals surface area contributed by atoms with Crippen LogP contribution >= 0.6 is 22.9 Å². The minimum atomic E-state index is -0.612. The van der Waals surface area contributed by atoms with Crippen LogP contribution in [-0.2, 0) is 12.8 Å². The van der Waals surface area contributed by atoms with Gasteiger partial charge in [-0.3, -0.25) is 5.32 Å². The molecule has 1 aliphatic rings. The highest BCUT2D eigenvalue weighted by atomic mass is 35.5. The number of anilines is 1. The fraction of sp³-hybridized carbons (Fsp3) is 0.278. The highest BCUT2D eigenvalue weighted by molar-refractivity contribution is 7.19. The van der Waals surface area contributed by atoms with Crippen molar-refractivity contribution in [2.75, 3.05) is 5.32 Å². The number of fused-ring (bicyclic) bond motifs is 3. The van der Waals surface area contributed by atoms with Gasteiger partial charge in [-0.1, -0.05) is 48.9 Å². The van der Waals surface area contributed by atoms with E-state index in [-0.39, 0.29) is 0 Å². The summed E-state index contributed by atoms with van der Waals surface area (Å²) in [6.45, 7) is 4.28. The fourth-order valence-electron chi connectivity index (χ4n) is 3.32. The summed E-state index contributed by atoms with van der Waals surface area (Å²) in [5, 5.41) is 8.62. The Morgan fingerprint density at radius 1 is 1.35 bits per heavy atom. The number of rotatable bonds is 3. The third kappa shape index (κ3) is 2.77. The summed E-state index contributed by atoms with van der Waals surface area (Å²) in [5.41, 5.74) is 10.3. The number of halogens is 1. The molecule has 3 aromatic rings. The SMILES string of the molecule is CC(C)c1nn(-c2ccccc2Cl)c2c1CCc1nc(NC(N)=O)sc1-2. The molecule has 0 aliphatic heterocycles. The van der Waals surface area contributed by atoms with E-state index in [1.807, 2.05) is 28.9 Å². The van der Waals surface area contributed by atoms with E-state index in [1.54, 1.807) is 0 Å². The number of hydrogen-bond acceptors (Lipinski definition) is 4. The second-order valence-corrected chi connectivity index (χ2v) is 7.92. The van der Waals surface area contributed by atoms with Crippen LogP contribution in [0.25, 0.3) is 16.3 Å². The molecule has 2 amide bonds. The van der Waals surface area contributed by atoms with Gasteiger partial charge in [-0.05, 0) is 30.9 Å². The first-order valence-electron chi connectivity index (χ1n) is 8.39. The Labute approximate surface area is 160 Å². The van der Waals surface area contributed by atoms with Crippen molar-refractivity contribution in [3.05, 3.63) is 46.2 Å². The van der Waals surface area contributed by atoms with Gasteiger partial charge in [0.15, 0.2) is 5.13 Å². The standard InChI is InChI=1S/C18H18ClN5OS/c1-9(2)14-10-7-8-12-16(26-18(21-12)22-17(20)25)15(10)24(23-14)13-6-4-3-5-11(13)19/h3-6,9H,7-8H2,1-2H3,(H3,20,21,22,25). The number of benzene rings is 1. The van der Waals surface area contributed by atoms with Crippen molar-refractivity contribution in [3.8, 4) is 16.3 Å². The van der Waals surface area contributed by atoms with Crippen LogP contribution in [0.4, 0.5) is 9.93 Å². The summed E-state index contributed by atoms with van der Waals surface area (Å²) in [6, 6.07) is 7.05. The molecule has 0 saturated carbocycles. The summed E-state index contributed by atoms with van der Waals surface area (Å²) >= 11 is 7.86. The zero-order valence-electron chi connectivity index (χ0n) is 14.4. The lowest BCUT2D eigenvalue weighted by atomic mass is 9.94. The van der Waals surface area contributed by atoms with Crippen LogP contribution in [0.1, 0.15) is 36.7 Å². The molecule has 0 spiro atoms. The van der Waals surface area contributed by atoms with Gasteiger partial charge in [0.1, 0.15) is 0 Å². The molecule has 134 valence electrons. The highest BCUT2D eigenvalue weighted by Crippen LogP contribution is 2.43. The first kappa shape index (κ1) is 17.1. The van der Waals surface area contributed by atoms with Gasteiger partial charge in [0.2, 0.25) is 0 Å². The molecule has 0 fully saturated rings. The topological polar surface area (TPSA) is 85.8 Å². The van der Waals surface area contributed by atoms with E-state index in [0.29, 0.717) is 16.1 Å². The number of aryl methyl sites for hydroxylation is 1. The molecule has 3 N–H and O–H groups in total. The molecule has 26 heavy (non-hydrogen) atoms. The van der Waals surface area contributed by atoms with Gasteiger partial charge in [0, 0.05) is 5.56 Å². The van der Waals surface area contributed by atoms with E-state index in [1.165, 1.54) is 16.9 Å². The monoisotopic (exact) mass is 387 g/mol. The number of nitrogens with one attached hydrogen (secondary N) is 1. The second kappa shape index (κ2) is 6.41. The zero-order chi connectivity index (χ0) is 18.4. The van der Waals surface area contributed by atoms with E-state index < -0.39 is 6.03 Å². The summed E-state index contributed by atoms with van der Waals surface area (Å²) in [5.74, 6) is 0.296. The van der Waals surface area contributed by atoms with Crippen molar-refractivity contribution in [1.82, 2.24) is 14.8 Å². The molecule has 0 unspecified atom stereocenters. The summed E-state index contributed by atoms with van der Waals surface area (Å²) < 4.78 is 1.91. The molecule has 2 aromatic heterocycles. The Balaban J connectivity index is 1.95. The van der Waals surface area contributed by atoms with E-state index in [2.05, 4.69) is 24.1 Å². The molecule has 4 rings (SSSR count). The predicted octanol–water partition coefficient (Wildman–Crippen LogP) is 4.36. The van der Waals surface area contributed by atoms with E-state index in [9.17, 15) is 4.79 Å². The Morgan fingerprint density at radius 2 is 2.12 bits per heavy atom. The Bertz CT molecular complexity index is 1010. The van der Waals surface area contributed by atoms with Crippen molar-refractivity contribution in [2.24, 2.45) is 5.73 Å². The Hall–Kier alpha value is -2.38. The lowest BCUT2D eigenvalue weighted by Crippen LogP contribution is -2.19. The largest absolute Gasteiger partial charge is 0.351 e. The third-order valence-corrected chi connectivity index (χ3v) is 5.74. The molecule has 1 aliphatic carbocycles. The minimum absolute atomic E-state index is 0.296. The summed E-state index contributed by atoms with van der Waals surface area (Å²) in [6.07, 6.45) is 1.67. The van der Waals surface area contributed by atoms with Crippen molar-refractivity contribution in [3.63, 3.8) is 0 Å². The molecule has 0 bridgehead atoms. The molecule has 0 saturated heterocycles. The molecule has 0 radical (unpaired) electrons. The van der Waals surface area contributed by atoms with E-state index >= 15 is 0 Å². The molecule has 2 heterocycles. The van der Waals surface area contributed by atoms with E-state index in [4.69, 9.17) is 22.4 Å². The maximum Gasteiger partial charge on any atom is 0.318 e. The second-order valence-electron chi connectivity index (χ2n) is 6.51. The number of urea groups is 1. The van der Waals surface area contributed by atoms with Crippen molar-refractivity contribution >= 4 is 34.1 Å². The quantitative estimate of drug-likeness (QED) is 0.699. The lowest BCUT2D eigenvalue weighted by Gasteiger charge is -2.15. The van der Waals surface area contributed by atoms with Gasteiger partial charge < -0.3 is 5.73 Å². The number of primary amides is 1. The smallest absolute Gasteiger partial charge is 0.318 e. The molecule has 8 heteroatoms. The van der Waals surface area contributed by atoms with Crippen LogP contribution in [0, 0.1) is 0 Å². The minimum Gasteiger partial charge on any atom is -0.351 e. The van der Waals surface area contributed by atoms with Crippen molar-refractivity contribution < 1.29 is 4.79 Å². The lowest BCUT2D eigenvalue weighted by molar-refractivity contribution is 0.259. The highest BCUT2D eigenvalue weighted by Gasteiger charge is 2.30. The molecular formula is C18H18ClN5OS. The fourth-order valence-corrected chi connectivity index (χ4v) is 4.61. The van der Waals surface area contributed by atoms with Crippen LogP contribution in [0.5, 0.6) is 0 Å². The number of para-hydroxylation sites is 1. The number of hydrogen-bond donors (Lipinski definition) is 2. The van der Waals surface area contributed by atoms with Gasteiger partial charge in [0.05, 0.1) is 32.7 Å². The van der Waals surface area contributed by atoms with Gasteiger partial charge in [0.25, 0.3) is 0 Å². The first-order valence-corrected chi connectivity index (χ1v) is 9.58. The maximum absolute atomic E-state index is 11.2. The van der Waals surface area contributed by atoms with Crippen molar-refractivity contribution in [1.29, 1.82) is 0 Å². The summed E-state index contributed by atoms with van der Waals surface area (Å²) in [4.78, 5) is 16.7. The number of carbonyl (C=O) groups is 1. The van der Waals surface area contributed by atoms with E-state index in [0.717, 1.165) is 40.5 Å². The molecule has 0 atom stereocenters. The molecule has 1 aromatic carbocycles. The number of thiazole rings is 1. The number of aromatic nitrogens is 3. The third-order valence-electron chi connectivity index (χ3n) is 4.40. The number of nitrogens with two attached hydrogens (primary N) is 1. The average Bonchev–Trinajstić information content (AvgIpc) is 3.15. The van der Waals surface area contributed by atoms with Gasteiger partial charge in [-0.15, -0.1) is 0 Å². The van der Waals surface area contributed by atoms with Crippen molar-refractivity contribution in [2.45, 2.75) is 32.6 Å². The van der Waals surface area contributed by atoms with Gasteiger partial charge in [-0.2, -0.15) is 5.10 Å². The number of carbonyl (C=O) groups excluding carboxylic acids is 1. The molecular weight excluding hydrogens is 370 g/mol. The number of nitrogens with zero attached hydrogens (tertiary/aromatic N) is 3. The van der Waals surface area contributed by atoms with Crippen LogP contribution < -0.4 is 11.1 Å². The van der Waals surface area contributed by atoms with Crippen LogP contribution in [0.3, 0.4) is 0 Å². The van der Waals surface area contributed by atoms with Crippen LogP contribution in [-0.4, -0.2) is 20.8 Å². The molecule has 6 nitrogen and oxygen atoms in total. The van der Waals surface area contributed by atoms with Gasteiger partial charge in [-0.25, -0.2) is 14.5 Å². The zero-order valence-corrected chi connectivity index (χ0v) is 16.0. The van der Waals surface area contributed by atoms with Gasteiger partial charge >= 0.3 is 6.03 Å². The van der Waals surface area contributed by atoms with Crippen LogP contribution in [0.15, 0.2) is 24.3 Å². The Kier molecular flexibility index (Phi) is 4.20. The predicted molar refractivity (Wildman–Crippen MR) is 104 cm³/mol. The number of amides is 2. The van der Waals surface area contributed by atoms with Crippen LogP contribution in [0.2, 0.25) is 5.02 Å². The normalized spacial score (nSPS) is 12.8. The summed E-state index contributed by atoms with van der Waals surface area (Å²) in [7, 11) is 0. The maximum atomic E-state index is 11.2. The first-order chi connectivity index (χ1) is 12.5. The average molecular weight is 388 g/mol. The Morgan fingerprint density at radius 3 is 2.81 bits per heavy atom.